The number of carbonyl (C=O) groups is 2. The first-order chi connectivity index (χ1) is 25.4. The monoisotopic (exact) mass is 781 g/mol. The fourth-order valence-corrected chi connectivity index (χ4v) is 12.6. The van der Waals surface area contributed by atoms with Gasteiger partial charge >= 0.3 is 0 Å². The Balaban J connectivity index is 1.70. The molecule has 0 fully saturated rings. The van der Waals surface area contributed by atoms with Crippen LogP contribution in [0.3, 0.4) is 0 Å². The highest BCUT2D eigenvalue weighted by Gasteiger charge is 2.45. The summed E-state index contributed by atoms with van der Waals surface area (Å²) in [4.78, 5) is 36.5. The van der Waals surface area contributed by atoms with E-state index in [0.717, 1.165) is 41.0 Å². The molecular weight excluding hydrogens is 707 g/mol. The second-order valence-electron chi connectivity index (χ2n) is 17.9. The number of imide groups is 1. The van der Waals surface area contributed by atoms with Gasteiger partial charge < -0.3 is 0 Å². The zero-order chi connectivity index (χ0) is 38.6. The van der Waals surface area contributed by atoms with Crippen LogP contribution in [0.15, 0.2) is 12.1 Å². The van der Waals surface area contributed by atoms with Gasteiger partial charge in [0.05, 0.1) is 16.0 Å². The van der Waals surface area contributed by atoms with Crippen LogP contribution in [0.25, 0.3) is 14.7 Å². The van der Waals surface area contributed by atoms with Crippen LogP contribution < -0.4 is 0 Å². The first-order valence-electron chi connectivity index (χ1n) is 21.9. The van der Waals surface area contributed by atoms with Gasteiger partial charge in [-0.1, -0.05) is 171 Å². The molecule has 0 aromatic carbocycles. The van der Waals surface area contributed by atoms with E-state index in [0.29, 0.717) is 23.3 Å². The van der Waals surface area contributed by atoms with Crippen LogP contribution in [0.2, 0.25) is 0 Å². The molecule has 0 bridgehead atoms. The van der Waals surface area contributed by atoms with E-state index >= 15 is 0 Å². The minimum absolute atomic E-state index is 0.0496. The second-order valence-corrected chi connectivity index (χ2v) is 21.2. The summed E-state index contributed by atoms with van der Waals surface area (Å²) in [6.07, 6.45) is 28.3. The number of unbranched alkanes of at least 4 members (excludes halogenated alkanes) is 15. The lowest BCUT2D eigenvalue weighted by molar-refractivity contribution is 0.0650. The SMILES string of the molecule is CCCCCCCCc1cc(C2=CC(CCCCCCCC)C(C(C)(C)C)S2)sc1-c1sc(C(C)(C)CC)c2c1C(=O)N(CCCCCCCC)C2=O. The molecule has 0 N–H and O–H groups in total. The largest absolute Gasteiger partial charge is 0.274 e. The fraction of sp³-hybridized carbons (Fsp3) is 0.745. The summed E-state index contributed by atoms with van der Waals surface area (Å²) in [5.41, 5.74) is 2.86. The molecule has 0 spiro atoms. The lowest BCUT2D eigenvalue weighted by Crippen LogP contribution is -2.31. The Morgan fingerprint density at radius 1 is 0.642 bits per heavy atom. The Bertz CT molecular complexity index is 1490. The molecule has 0 radical (unpaired) electrons. The molecule has 2 aromatic rings. The molecule has 4 rings (SSSR count). The number of thioether (sulfide) groups is 1. The van der Waals surface area contributed by atoms with Crippen LogP contribution in [0.4, 0.5) is 0 Å². The Kier molecular flexibility index (Phi) is 17.8. The highest BCUT2D eigenvalue weighted by molar-refractivity contribution is 8.09. The third-order valence-electron chi connectivity index (χ3n) is 11.9. The molecule has 0 saturated carbocycles. The van der Waals surface area contributed by atoms with E-state index in [2.05, 4.69) is 86.2 Å². The van der Waals surface area contributed by atoms with Crippen molar-refractivity contribution in [2.45, 2.75) is 208 Å². The molecular formula is C47H75NO2S3. The quantitative estimate of drug-likeness (QED) is 0.0744. The molecule has 2 aliphatic heterocycles. The van der Waals surface area contributed by atoms with E-state index in [1.165, 1.54) is 129 Å². The van der Waals surface area contributed by atoms with Crippen molar-refractivity contribution in [1.29, 1.82) is 0 Å². The lowest BCUT2D eigenvalue weighted by Gasteiger charge is -2.31. The number of allylic oxidation sites excluding steroid dienone is 1. The van der Waals surface area contributed by atoms with Crippen molar-refractivity contribution in [2.24, 2.45) is 11.3 Å². The van der Waals surface area contributed by atoms with E-state index in [1.807, 2.05) is 11.3 Å². The zero-order valence-electron chi connectivity index (χ0n) is 35.4. The Labute approximate surface area is 338 Å². The van der Waals surface area contributed by atoms with Gasteiger partial charge in [0.25, 0.3) is 11.8 Å². The third-order valence-corrected chi connectivity index (χ3v) is 16.9. The van der Waals surface area contributed by atoms with Crippen molar-refractivity contribution in [1.82, 2.24) is 4.90 Å². The summed E-state index contributed by atoms with van der Waals surface area (Å²) < 4.78 is 0. The molecule has 6 heteroatoms. The van der Waals surface area contributed by atoms with Crippen molar-refractivity contribution < 1.29 is 9.59 Å². The van der Waals surface area contributed by atoms with Gasteiger partial charge in [0.1, 0.15) is 0 Å². The number of aryl methyl sites for hydroxylation is 1. The normalized spacial score (nSPS) is 17.8. The topological polar surface area (TPSA) is 37.4 Å². The molecule has 0 saturated heterocycles. The summed E-state index contributed by atoms with van der Waals surface area (Å²) in [6.45, 7) is 21.3. The number of hydrogen-bond donors (Lipinski definition) is 0. The van der Waals surface area contributed by atoms with Crippen molar-refractivity contribution in [3.63, 3.8) is 0 Å². The average Bonchev–Trinajstić information content (AvgIpc) is 3.89. The molecule has 2 aromatic heterocycles. The van der Waals surface area contributed by atoms with Gasteiger partial charge in [-0.05, 0) is 60.5 Å². The van der Waals surface area contributed by atoms with Gasteiger partial charge in [0.15, 0.2) is 0 Å². The maximum Gasteiger partial charge on any atom is 0.263 e. The average molecular weight is 782 g/mol. The minimum Gasteiger partial charge on any atom is -0.274 e. The van der Waals surface area contributed by atoms with Crippen LogP contribution in [0.5, 0.6) is 0 Å². The van der Waals surface area contributed by atoms with Gasteiger partial charge in [-0.3, -0.25) is 14.5 Å². The molecule has 298 valence electrons. The number of nitrogens with zero attached hydrogens (tertiary/aromatic N) is 1. The molecule has 2 amide bonds. The van der Waals surface area contributed by atoms with Gasteiger partial charge in [-0.15, -0.1) is 34.4 Å². The van der Waals surface area contributed by atoms with Crippen LogP contribution in [-0.2, 0) is 11.8 Å². The molecule has 3 nitrogen and oxygen atoms in total. The Morgan fingerprint density at radius 3 is 1.77 bits per heavy atom. The second kappa shape index (κ2) is 21.2. The van der Waals surface area contributed by atoms with Crippen molar-refractivity contribution >= 4 is 51.2 Å². The molecule has 4 heterocycles. The molecule has 2 atom stereocenters. The maximum atomic E-state index is 14.4. The number of rotatable bonds is 25. The summed E-state index contributed by atoms with van der Waals surface area (Å²) in [7, 11) is 0. The van der Waals surface area contributed by atoms with Crippen molar-refractivity contribution in [2.75, 3.05) is 6.54 Å². The number of thiophene rings is 2. The number of fused-ring (bicyclic) bond motifs is 1. The van der Waals surface area contributed by atoms with Gasteiger partial charge in [0, 0.05) is 31.3 Å². The third kappa shape index (κ3) is 11.6. The van der Waals surface area contributed by atoms with Gasteiger partial charge in [-0.25, -0.2) is 0 Å². The van der Waals surface area contributed by atoms with Crippen LogP contribution in [-0.4, -0.2) is 28.5 Å². The molecule has 53 heavy (non-hydrogen) atoms. The van der Waals surface area contributed by atoms with Crippen molar-refractivity contribution in [3.05, 3.63) is 38.6 Å². The van der Waals surface area contributed by atoms with Crippen LogP contribution in [0, 0.1) is 11.3 Å². The zero-order valence-corrected chi connectivity index (χ0v) is 37.8. The molecule has 2 unspecified atom stereocenters. The first kappa shape index (κ1) is 44.3. The highest BCUT2D eigenvalue weighted by Crippen LogP contribution is 2.55. The predicted octanol–water partition coefficient (Wildman–Crippen LogP) is 15.9. The van der Waals surface area contributed by atoms with Crippen molar-refractivity contribution in [3.8, 4) is 9.75 Å². The minimum atomic E-state index is -0.174. The smallest absolute Gasteiger partial charge is 0.263 e. The molecule has 0 aliphatic carbocycles. The summed E-state index contributed by atoms with van der Waals surface area (Å²) in [5, 5.41) is 0.568. The maximum absolute atomic E-state index is 14.4. The van der Waals surface area contributed by atoms with Gasteiger partial charge in [-0.2, -0.15) is 0 Å². The van der Waals surface area contributed by atoms with E-state index in [9.17, 15) is 9.59 Å². The van der Waals surface area contributed by atoms with Gasteiger partial charge in [0.2, 0.25) is 0 Å². The first-order valence-corrected chi connectivity index (χ1v) is 24.5. The van der Waals surface area contributed by atoms with Crippen LogP contribution in [0.1, 0.15) is 227 Å². The van der Waals surface area contributed by atoms with E-state index in [1.54, 1.807) is 16.2 Å². The number of hydrogen-bond acceptors (Lipinski definition) is 5. The summed E-state index contributed by atoms with van der Waals surface area (Å²) >= 11 is 5.77. The molecule has 2 aliphatic rings. The fourth-order valence-electron chi connectivity index (χ4n) is 8.18. The van der Waals surface area contributed by atoms with Crippen LogP contribution >= 0.6 is 34.4 Å². The van der Waals surface area contributed by atoms with E-state index in [4.69, 9.17) is 0 Å². The van der Waals surface area contributed by atoms with E-state index in [-0.39, 0.29) is 22.6 Å². The standard InChI is InChI=1S/C47H75NO2S3/c1-10-14-17-20-23-26-29-34-32-36(37-33-35(42(52-37)46(5,6)7)30-27-24-21-18-15-11-2)51-40(34)41-38-39(43(53-41)47(8,9)13-4)45(50)48(44(38)49)31-28-25-22-19-16-12-3/h32-33,35,42H,10-31H2,1-9H3. The number of carbonyl (C=O) groups excluding carboxylic acids is 2. The summed E-state index contributed by atoms with van der Waals surface area (Å²) in [6, 6.07) is 2.49. The Hall–Kier alpha value is -1.37. The predicted molar refractivity (Wildman–Crippen MR) is 237 cm³/mol. The number of amides is 2. The van der Waals surface area contributed by atoms with E-state index < -0.39 is 0 Å². The lowest BCUT2D eigenvalue weighted by atomic mass is 9.81. The summed E-state index contributed by atoms with van der Waals surface area (Å²) in [5.74, 6) is 0.488. The Morgan fingerprint density at radius 2 is 1.19 bits per heavy atom. The highest BCUT2D eigenvalue weighted by atomic mass is 32.2.